The average Bonchev–Trinajstić information content (AvgIpc) is 3.29. The van der Waals surface area contributed by atoms with Gasteiger partial charge in [0, 0.05) is 42.0 Å². The number of piperazine rings is 1. The number of nitrogens with zero attached hydrogens (tertiary/aromatic N) is 5. The minimum Gasteiger partial charge on any atom is -0.335 e. The molecule has 1 aliphatic heterocycles. The van der Waals surface area contributed by atoms with Gasteiger partial charge in [-0.15, -0.1) is 0 Å². The Morgan fingerprint density at radius 3 is 2.63 bits per heavy atom. The van der Waals surface area contributed by atoms with Crippen LogP contribution < -0.4 is 14.8 Å². The number of fused-ring (bicyclic) bond motifs is 1. The first-order valence-corrected chi connectivity index (χ1v) is 11.6. The van der Waals surface area contributed by atoms with Crippen LogP contribution in [0.4, 0.5) is 9.93 Å². The fraction of sp³-hybridized carbons (Fsp3) is 0.455. The minimum absolute atomic E-state index is 0.0887. The van der Waals surface area contributed by atoms with E-state index in [4.69, 9.17) is 4.98 Å². The summed E-state index contributed by atoms with van der Waals surface area (Å²) in [5, 5.41) is 5.30. The van der Waals surface area contributed by atoms with E-state index in [0.717, 1.165) is 55.1 Å². The molecular formula is C22H27N6OS+. The van der Waals surface area contributed by atoms with Gasteiger partial charge in [0.2, 0.25) is 0 Å². The summed E-state index contributed by atoms with van der Waals surface area (Å²) in [5.74, 6) is 0.698. The van der Waals surface area contributed by atoms with E-state index in [1.54, 1.807) is 0 Å². The number of nitrogens with one attached hydrogen (secondary N) is 1. The molecule has 1 saturated carbocycles. The van der Waals surface area contributed by atoms with Crippen molar-refractivity contribution < 1.29 is 9.36 Å². The molecule has 1 saturated heterocycles. The molecule has 3 heterocycles. The topological polar surface area (TPSA) is 65.2 Å². The van der Waals surface area contributed by atoms with Gasteiger partial charge in [0.25, 0.3) is 5.13 Å². The highest BCUT2D eigenvalue weighted by atomic mass is 32.1. The van der Waals surface area contributed by atoms with Crippen LogP contribution in [0.5, 0.6) is 0 Å². The molecule has 156 valence electrons. The van der Waals surface area contributed by atoms with Gasteiger partial charge in [-0.1, -0.05) is 37.5 Å². The SMILES string of the molecule is O=C(NC1CCCCC1)N1CCN(c2nc(-[n+]3cccc4ccccc43)ns2)CC1. The number of para-hydroxylation sites is 1. The Bertz CT molecular complexity index is 1020. The fourth-order valence-corrected chi connectivity index (χ4v) is 5.10. The number of hydrogen-bond acceptors (Lipinski definition) is 5. The number of benzene rings is 1. The number of anilines is 1. The van der Waals surface area contributed by atoms with Crippen molar-refractivity contribution in [2.75, 3.05) is 31.1 Å². The normalized spacial score (nSPS) is 18.0. The molecule has 1 N–H and O–H groups in total. The van der Waals surface area contributed by atoms with Gasteiger partial charge >= 0.3 is 12.0 Å². The van der Waals surface area contributed by atoms with Crippen molar-refractivity contribution in [2.45, 2.75) is 38.1 Å². The monoisotopic (exact) mass is 423 g/mol. The first kappa shape index (κ1) is 19.2. The average molecular weight is 424 g/mol. The van der Waals surface area contributed by atoms with E-state index in [9.17, 15) is 4.79 Å². The van der Waals surface area contributed by atoms with Crippen LogP contribution in [0.3, 0.4) is 0 Å². The second-order valence-electron chi connectivity index (χ2n) is 8.07. The maximum Gasteiger partial charge on any atom is 0.453 e. The van der Waals surface area contributed by atoms with Crippen molar-refractivity contribution in [3.8, 4) is 5.95 Å². The molecule has 2 aliphatic rings. The lowest BCUT2D eigenvalue weighted by Crippen LogP contribution is -2.53. The van der Waals surface area contributed by atoms with E-state index in [-0.39, 0.29) is 6.03 Å². The van der Waals surface area contributed by atoms with E-state index >= 15 is 0 Å². The summed E-state index contributed by atoms with van der Waals surface area (Å²) in [6, 6.07) is 12.8. The molecule has 2 aromatic heterocycles. The molecule has 3 aromatic rings. The summed E-state index contributed by atoms with van der Waals surface area (Å²) in [7, 11) is 0. The van der Waals surface area contributed by atoms with E-state index in [0.29, 0.717) is 12.0 Å². The molecular weight excluding hydrogens is 396 g/mol. The van der Waals surface area contributed by atoms with Crippen LogP contribution in [-0.4, -0.2) is 52.5 Å². The van der Waals surface area contributed by atoms with Crippen LogP contribution in [-0.2, 0) is 0 Å². The van der Waals surface area contributed by atoms with Gasteiger partial charge < -0.3 is 15.1 Å². The molecule has 1 aliphatic carbocycles. The van der Waals surface area contributed by atoms with Gasteiger partial charge in [-0.25, -0.2) is 4.79 Å². The third-order valence-corrected chi connectivity index (χ3v) is 6.86. The lowest BCUT2D eigenvalue weighted by molar-refractivity contribution is -0.574. The van der Waals surface area contributed by atoms with Crippen molar-refractivity contribution in [1.29, 1.82) is 0 Å². The molecule has 0 unspecified atom stereocenters. The summed E-state index contributed by atoms with van der Waals surface area (Å²) in [5.41, 5.74) is 1.09. The van der Waals surface area contributed by atoms with Gasteiger partial charge in [0.15, 0.2) is 0 Å². The molecule has 2 amide bonds. The third kappa shape index (κ3) is 3.96. The highest BCUT2D eigenvalue weighted by Gasteiger charge is 2.28. The van der Waals surface area contributed by atoms with E-state index < -0.39 is 0 Å². The van der Waals surface area contributed by atoms with Gasteiger partial charge in [-0.05, 0) is 36.0 Å². The summed E-state index contributed by atoms with van der Waals surface area (Å²) < 4.78 is 6.63. The maximum atomic E-state index is 12.6. The van der Waals surface area contributed by atoms with Crippen molar-refractivity contribution >= 4 is 33.6 Å². The summed E-state index contributed by atoms with van der Waals surface area (Å²) >= 11 is 1.42. The van der Waals surface area contributed by atoms with E-state index in [1.165, 1.54) is 30.8 Å². The van der Waals surface area contributed by atoms with Crippen LogP contribution in [0.2, 0.25) is 0 Å². The highest BCUT2D eigenvalue weighted by molar-refractivity contribution is 7.09. The number of carbonyl (C=O) groups is 1. The maximum absolute atomic E-state index is 12.6. The van der Waals surface area contributed by atoms with Crippen molar-refractivity contribution in [3.63, 3.8) is 0 Å². The van der Waals surface area contributed by atoms with Crippen LogP contribution in [0.15, 0.2) is 42.6 Å². The van der Waals surface area contributed by atoms with Gasteiger partial charge in [-0.3, -0.25) is 0 Å². The second-order valence-corrected chi connectivity index (χ2v) is 8.80. The number of aromatic nitrogens is 3. The molecule has 0 radical (unpaired) electrons. The third-order valence-electron chi connectivity index (χ3n) is 6.10. The summed E-state index contributed by atoms with van der Waals surface area (Å²) in [6.07, 6.45) is 7.99. The Labute approximate surface area is 180 Å². The van der Waals surface area contributed by atoms with E-state index in [2.05, 4.69) is 32.8 Å². The Morgan fingerprint density at radius 2 is 1.80 bits per heavy atom. The smallest absolute Gasteiger partial charge is 0.335 e. The molecule has 30 heavy (non-hydrogen) atoms. The Balaban J connectivity index is 1.23. The lowest BCUT2D eigenvalue weighted by Gasteiger charge is -2.34. The van der Waals surface area contributed by atoms with Gasteiger partial charge in [-0.2, -0.15) is 4.57 Å². The summed E-state index contributed by atoms with van der Waals surface area (Å²) in [6.45, 7) is 3.00. The van der Waals surface area contributed by atoms with E-state index in [1.807, 2.05) is 33.9 Å². The first-order valence-electron chi connectivity index (χ1n) is 10.8. The predicted molar refractivity (Wildman–Crippen MR) is 118 cm³/mol. The number of amides is 2. The number of carbonyl (C=O) groups excluding carboxylic acids is 1. The zero-order valence-electron chi connectivity index (χ0n) is 17.0. The summed E-state index contributed by atoms with van der Waals surface area (Å²) in [4.78, 5) is 21.6. The highest BCUT2D eigenvalue weighted by Crippen LogP contribution is 2.21. The second kappa shape index (κ2) is 8.55. The van der Waals surface area contributed by atoms with Crippen LogP contribution in [0.25, 0.3) is 16.9 Å². The molecule has 0 bridgehead atoms. The number of rotatable bonds is 3. The lowest BCUT2D eigenvalue weighted by atomic mass is 9.96. The Morgan fingerprint density at radius 1 is 1.03 bits per heavy atom. The molecule has 1 aromatic carbocycles. The molecule has 7 nitrogen and oxygen atoms in total. The van der Waals surface area contributed by atoms with Crippen molar-refractivity contribution in [3.05, 3.63) is 42.6 Å². The van der Waals surface area contributed by atoms with Gasteiger partial charge in [0.1, 0.15) is 17.0 Å². The predicted octanol–water partition coefficient (Wildman–Crippen LogP) is 3.13. The number of urea groups is 1. The van der Waals surface area contributed by atoms with Crippen LogP contribution in [0, 0.1) is 0 Å². The molecule has 8 heteroatoms. The molecule has 0 atom stereocenters. The Hall–Kier alpha value is -2.74. The first-order chi connectivity index (χ1) is 14.8. The molecule has 0 spiro atoms. The van der Waals surface area contributed by atoms with Gasteiger partial charge in [0.05, 0.1) is 6.20 Å². The van der Waals surface area contributed by atoms with Crippen LogP contribution in [0.1, 0.15) is 32.1 Å². The van der Waals surface area contributed by atoms with Crippen molar-refractivity contribution in [2.24, 2.45) is 0 Å². The zero-order chi connectivity index (χ0) is 20.3. The minimum atomic E-state index is 0.0887. The molecule has 2 fully saturated rings. The quantitative estimate of drug-likeness (QED) is 0.658. The Kier molecular flexibility index (Phi) is 5.48. The largest absolute Gasteiger partial charge is 0.453 e. The van der Waals surface area contributed by atoms with Crippen molar-refractivity contribution in [1.82, 2.24) is 19.6 Å². The van der Waals surface area contributed by atoms with Crippen LogP contribution >= 0.6 is 11.5 Å². The zero-order valence-corrected chi connectivity index (χ0v) is 17.9. The number of pyridine rings is 1. The number of hydrogen-bond donors (Lipinski definition) is 1. The standard InChI is InChI=1S/C22H26N6OS/c29-21(23-18-9-2-1-3-10-18)26-13-15-27(16-14-26)22-24-20(25-30-22)28-12-6-8-17-7-4-5-11-19(17)28/h4-8,11-12,18H,1-3,9-10,13-16H2/p+1. The fourth-order valence-electron chi connectivity index (χ4n) is 4.38. The molecule has 5 rings (SSSR count).